The van der Waals surface area contributed by atoms with Gasteiger partial charge in [0.25, 0.3) is 5.91 Å². The Morgan fingerprint density at radius 2 is 1.50 bits per heavy atom. The van der Waals surface area contributed by atoms with Crippen LogP contribution in [-0.2, 0) is 16.0 Å². The number of nitrogens with zero attached hydrogens (tertiary/aromatic N) is 4. The van der Waals surface area contributed by atoms with Crippen LogP contribution in [0.25, 0.3) is 0 Å². The fourth-order valence-corrected chi connectivity index (χ4v) is 4.31. The van der Waals surface area contributed by atoms with Crippen molar-refractivity contribution in [2.45, 2.75) is 19.3 Å². The zero-order chi connectivity index (χ0) is 22.5. The van der Waals surface area contributed by atoms with Gasteiger partial charge in [-0.05, 0) is 49.2 Å². The third-order valence-corrected chi connectivity index (χ3v) is 6.23. The summed E-state index contributed by atoms with van der Waals surface area (Å²) in [5.41, 5.74) is 1.21. The van der Waals surface area contributed by atoms with E-state index in [0.717, 1.165) is 5.69 Å². The molecule has 2 saturated heterocycles. The van der Waals surface area contributed by atoms with Crippen molar-refractivity contribution in [3.8, 4) is 0 Å². The lowest BCUT2D eigenvalue weighted by Crippen LogP contribution is -2.53. The highest BCUT2D eigenvalue weighted by Crippen LogP contribution is 2.22. The van der Waals surface area contributed by atoms with E-state index in [9.17, 15) is 18.8 Å². The van der Waals surface area contributed by atoms with Crippen LogP contribution in [-0.4, -0.2) is 76.7 Å². The minimum Gasteiger partial charge on any atom is -0.339 e. The molecule has 4 rings (SSSR count). The highest BCUT2D eigenvalue weighted by atomic mass is 19.1. The van der Waals surface area contributed by atoms with Crippen molar-refractivity contribution in [1.82, 2.24) is 19.7 Å². The van der Waals surface area contributed by atoms with Gasteiger partial charge in [0.05, 0.1) is 6.42 Å². The van der Waals surface area contributed by atoms with Crippen LogP contribution >= 0.6 is 0 Å². The van der Waals surface area contributed by atoms with E-state index in [0.29, 0.717) is 57.7 Å². The molecule has 8 heteroatoms. The van der Waals surface area contributed by atoms with Crippen LogP contribution in [0.3, 0.4) is 0 Å². The third kappa shape index (κ3) is 5.12. The van der Waals surface area contributed by atoms with Crippen molar-refractivity contribution in [2.75, 3.05) is 39.3 Å². The summed E-state index contributed by atoms with van der Waals surface area (Å²) in [4.78, 5) is 47.6. The van der Waals surface area contributed by atoms with Gasteiger partial charge >= 0.3 is 0 Å². The average Bonchev–Trinajstić information content (AvgIpc) is 2.84. The van der Waals surface area contributed by atoms with Crippen LogP contribution in [0.1, 0.15) is 28.9 Å². The van der Waals surface area contributed by atoms with Crippen molar-refractivity contribution in [3.05, 3.63) is 65.7 Å². The van der Waals surface area contributed by atoms with Gasteiger partial charge in [0.15, 0.2) is 0 Å². The molecule has 2 aliphatic heterocycles. The second-order valence-electron chi connectivity index (χ2n) is 8.28. The molecule has 0 unspecified atom stereocenters. The molecule has 0 atom stereocenters. The third-order valence-electron chi connectivity index (χ3n) is 6.23. The molecule has 0 saturated carbocycles. The highest BCUT2D eigenvalue weighted by Gasteiger charge is 2.32. The fourth-order valence-electron chi connectivity index (χ4n) is 4.31. The number of carbonyl (C=O) groups excluding carboxylic acids is 3. The van der Waals surface area contributed by atoms with Gasteiger partial charge in [-0.15, -0.1) is 0 Å². The van der Waals surface area contributed by atoms with E-state index >= 15 is 0 Å². The van der Waals surface area contributed by atoms with Crippen LogP contribution in [0.15, 0.2) is 48.7 Å². The molecule has 32 heavy (non-hydrogen) atoms. The second kappa shape index (κ2) is 9.89. The lowest BCUT2D eigenvalue weighted by atomic mass is 9.94. The number of aromatic nitrogens is 1. The standard InChI is InChI=1S/C24H27FN4O3/c25-20-6-4-18(5-7-20)23(31)28-11-8-19(9-12-28)24(32)29-15-13-27(14-16-29)22(30)17-21-3-1-2-10-26-21/h1-7,10,19H,8-9,11-17H2. The summed E-state index contributed by atoms with van der Waals surface area (Å²) in [5.74, 6) is -0.470. The molecule has 0 radical (unpaired) electrons. The van der Waals surface area contributed by atoms with Gasteiger partial charge in [-0.1, -0.05) is 6.07 Å². The molecule has 2 aromatic rings. The predicted octanol–water partition coefficient (Wildman–Crippen LogP) is 1.99. The maximum Gasteiger partial charge on any atom is 0.253 e. The topological polar surface area (TPSA) is 73.8 Å². The molecule has 3 amide bonds. The van der Waals surface area contributed by atoms with Crippen LogP contribution in [0, 0.1) is 11.7 Å². The number of carbonyl (C=O) groups is 3. The number of likely N-dealkylation sites (tertiary alicyclic amines) is 1. The molecule has 0 N–H and O–H groups in total. The fraction of sp³-hybridized carbons (Fsp3) is 0.417. The van der Waals surface area contributed by atoms with Gasteiger partial charge in [-0.3, -0.25) is 19.4 Å². The quantitative estimate of drug-likeness (QED) is 0.732. The average molecular weight is 439 g/mol. The Labute approximate surface area is 186 Å². The number of amides is 3. The van der Waals surface area contributed by atoms with Gasteiger partial charge in [-0.2, -0.15) is 0 Å². The first-order valence-electron chi connectivity index (χ1n) is 11.0. The Hall–Kier alpha value is -3.29. The normalized spacial score (nSPS) is 17.3. The summed E-state index contributed by atoms with van der Waals surface area (Å²) in [7, 11) is 0. The van der Waals surface area contributed by atoms with Gasteiger partial charge < -0.3 is 14.7 Å². The maximum atomic E-state index is 13.1. The van der Waals surface area contributed by atoms with Crippen molar-refractivity contribution < 1.29 is 18.8 Å². The van der Waals surface area contributed by atoms with Crippen LogP contribution in [0.5, 0.6) is 0 Å². The number of hydrogen-bond acceptors (Lipinski definition) is 4. The van der Waals surface area contributed by atoms with E-state index in [4.69, 9.17) is 0 Å². The molecule has 7 nitrogen and oxygen atoms in total. The SMILES string of the molecule is O=C(Cc1ccccn1)N1CCN(C(=O)C2CCN(C(=O)c3ccc(F)cc3)CC2)CC1. The second-order valence-corrected chi connectivity index (χ2v) is 8.28. The molecule has 1 aromatic carbocycles. The zero-order valence-electron chi connectivity index (χ0n) is 18.0. The first-order chi connectivity index (χ1) is 15.5. The van der Waals surface area contributed by atoms with Crippen LogP contribution in [0.4, 0.5) is 4.39 Å². The number of piperazine rings is 1. The maximum absolute atomic E-state index is 13.1. The number of rotatable bonds is 4. The van der Waals surface area contributed by atoms with Gasteiger partial charge in [-0.25, -0.2) is 4.39 Å². The van der Waals surface area contributed by atoms with Crippen molar-refractivity contribution in [1.29, 1.82) is 0 Å². The highest BCUT2D eigenvalue weighted by molar-refractivity contribution is 5.94. The molecule has 2 fully saturated rings. The number of halogens is 1. The Bertz CT molecular complexity index is 951. The van der Waals surface area contributed by atoms with Crippen molar-refractivity contribution in [3.63, 3.8) is 0 Å². The van der Waals surface area contributed by atoms with Gasteiger partial charge in [0.1, 0.15) is 5.82 Å². The molecule has 2 aliphatic rings. The Morgan fingerprint density at radius 3 is 2.12 bits per heavy atom. The summed E-state index contributed by atoms with van der Waals surface area (Å²) >= 11 is 0. The molecule has 0 aliphatic carbocycles. The van der Waals surface area contributed by atoms with E-state index in [1.165, 1.54) is 24.3 Å². The zero-order valence-corrected chi connectivity index (χ0v) is 18.0. The van der Waals surface area contributed by atoms with E-state index in [1.807, 2.05) is 23.1 Å². The molecule has 3 heterocycles. The van der Waals surface area contributed by atoms with E-state index in [2.05, 4.69) is 4.98 Å². The smallest absolute Gasteiger partial charge is 0.253 e. The largest absolute Gasteiger partial charge is 0.339 e. The molecular weight excluding hydrogens is 411 g/mol. The summed E-state index contributed by atoms with van der Waals surface area (Å²) in [6.07, 6.45) is 3.18. The molecule has 1 aromatic heterocycles. The first kappa shape index (κ1) is 21.9. The lowest BCUT2D eigenvalue weighted by molar-refractivity contribution is -0.142. The molecular formula is C24H27FN4O3. The summed E-state index contributed by atoms with van der Waals surface area (Å²) in [5, 5.41) is 0. The van der Waals surface area contributed by atoms with E-state index < -0.39 is 0 Å². The monoisotopic (exact) mass is 438 g/mol. The van der Waals surface area contributed by atoms with E-state index in [-0.39, 0.29) is 35.9 Å². The van der Waals surface area contributed by atoms with Gasteiger partial charge in [0, 0.05) is 62.6 Å². The summed E-state index contributed by atoms with van der Waals surface area (Å²) in [6.45, 7) is 3.13. The van der Waals surface area contributed by atoms with E-state index in [1.54, 1.807) is 16.0 Å². The predicted molar refractivity (Wildman–Crippen MR) is 116 cm³/mol. The Morgan fingerprint density at radius 1 is 0.844 bits per heavy atom. The minimum absolute atomic E-state index is 0.0309. The van der Waals surface area contributed by atoms with Gasteiger partial charge in [0.2, 0.25) is 11.8 Å². The molecule has 0 spiro atoms. The Kier molecular flexibility index (Phi) is 6.78. The number of hydrogen-bond donors (Lipinski definition) is 0. The molecule has 168 valence electrons. The minimum atomic E-state index is -0.371. The summed E-state index contributed by atoms with van der Waals surface area (Å²) in [6, 6.07) is 11.1. The van der Waals surface area contributed by atoms with Crippen molar-refractivity contribution in [2.24, 2.45) is 5.92 Å². The Balaban J connectivity index is 1.23. The summed E-state index contributed by atoms with van der Waals surface area (Å²) < 4.78 is 13.1. The number of benzene rings is 1. The lowest BCUT2D eigenvalue weighted by Gasteiger charge is -2.38. The number of pyridine rings is 1. The molecule has 0 bridgehead atoms. The first-order valence-corrected chi connectivity index (χ1v) is 11.0. The van der Waals surface area contributed by atoms with Crippen LogP contribution < -0.4 is 0 Å². The van der Waals surface area contributed by atoms with Crippen LogP contribution in [0.2, 0.25) is 0 Å². The number of piperidine rings is 1. The van der Waals surface area contributed by atoms with Crippen molar-refractivity contribution >= 4 is 17.7 Å².